The molecule has 8 heteroatoms. The summed E-state index contributed by atoms with van der Waals surface area (Å²) in [5, 5.41) is 3.50. The van der Waals surface area contributed by atoms with E-state index in [1.165, 1.54) is 4.90 Å². The van der Waals surface area contributed by atoms with Gasteiger partial charge in [0.2, 0.25) is 11.8 Å². The third-order valence-electron chi connectivity index (χ3n) is 6.34. The Morgan fingerprint density at radius 3 is 2.14 bits per heavy atom. The number of benzene rings is 2. The standard InChI is InChI=1S/C27H32ClN3O4/c1-4-18(3)29-25(33)23(5-2)31(17-19-11-6-9-14-22(19)28)24(32)15-10-16-30-26(34)20-12-7-8-13-21(20)27(30)35/h6-9,11-14,18,23H,4-5,10,15-17H2,1-3H3,(H,29,33)/t18-,23+/m0/s1. The van der Waals surface area contributed by atoms with Gasteiger partial charge in [0.15, 0.2) is 0 Å². The average Bonchev–Trinajstić information content (AvgIpc) is 3.09. The summed E-state index contributed by atoms with van der Waals surface area (Å²) in [5.74, 6) is -1.12. The van der Waals surface area contributed by atoms with Crippen molar-refractivity contribution in [2.24, 2.45) is 0 Å². The van der Waals surface area contributed by atoms with Gasteiger partial charge in [0.05, 0.1) is 11.1 Å². The van der Waals surface area contributed by atoms with Crippen molar-refractivity contribution in [1.82, 2.24) is 15.1 Å². The van der Waals surface area contributed by atoms with Gasteiger partial charge in [-0.1, -0.05) is 55.8 Å². The second-order valence-corrected chi connectivity index (χ2v) is 9.17. The van der Waals surface area contributed by atoms with Crippen molar-refractivity contribution in [3.63, 3.8) is 0 Å². The predicted octanol–water partition coefficient (Wildman–Crippen LogP) is 4.44. The van der Waals surface area contributed by atoms with Crippen molar-refractivity contribution in [2.75, 3.05) is 6.54 Å². The number of carbonyl (C=O) groups is 4. The van der Waals surface area contributed by atoms with Gasteiger partial charge in [-0.05, 0) is 49.9 Å². The third kappa shape index (κ3) is 6.09. The van der Waals surface area contributed by atoms with Crippen LogP contribution in [0.15, 0.2) is 48.5 Å². The molecule has 186 valence electrons. The molecule has 0 spiro atoms. The Morgan fingerprint density at radius 2 is 1.57 bits per heavy atom. The zero-order valence-electron chi connectivity index (χ0n) is 20.4. The van der Waals surface area contributed by atoms with Crippen molar-refractivity contribution < 1.29 is 19.2 Å². The first kappa shape index (κ1) is 26.4. The van der Waals surface area contributed by atoms with E-state index in [9.17, 15) is 19.2 Å². The van der Waals surface area contributed by atoms with Crippen molar-refractivity contribution in [3.05, 3.63) is 70.2 Å². The fourth-order valence-corrected chi connectivity index (χ4v) is 4.34. The number of fused-ring (bicyclic) bond motifs is 1. The molecule has 0 saturated carbocycles. The maximum atomic E-state index is 13.4. The Labute approximate surface area is 211 Å². The minimum absolute atomic E-state index is 0.0114. The molecule has 1 aliphatic rings. The van der Waals surface area contributed by atoms with Gasteiger partial charge >= 0.3 is 0 Å². The molecule has 2 aromatic rings. The van der Waals surface area contributed by atoms with Gasteiger partial charge in [0.25, 0.3) is 11.8 Å². The summed E-state index contributed by atoms with van der Waals surface area (Å²) >= 11 is 6.35. The van der Waals surface area contributed by atoms with E-state index in [0.29, 0.717) is 29.0 Å². The fourth-order valence-electron chi connectivity index (χ4n) is 4.14. The van der Waals surface area contributed by atoms with Crippen LogP contribution >= 0.6 is 11.6 Å². The summed E-state index contributed by atoms with van der Waals surface area (Å²) < 4.78 is 0. The largest absolute Gasteiger partial charge is 0.352 e. The van der Waals surface area contributed by atoms with Crippen LogP contribution in [0.25, 0.3) is 0 Å². The van der Waals surface area contributed by atoms with Gasteiger partial charge in [0.1, 0.15) is 6.04 Å². The highest BCUT2D eigenvalue weighted by Gasteiger charge is 2.35. The van der Waals surface area contributed by atoms with Gasteiger partial charge in [-0.15, -0.1) is 0 Å². The smallest absolute Gasteiger partial charge is 0.261 e. The summed E-state index contributed by atoms with van der Waals surface area (Å²) in [6.45, 7) is 6.10. The lowest BCUT2D eigenvalue weighted by Gasteiger charge is -2.32. The van der Waals surface area contributed by atoms with Crippen LogP contribution in [0, 0.1) is 0 Å². The summed E-state index contributed by atoms with van der Waals surface area (Å²) in [5.41, 5.74) is 1.52. The van der Waals surface area contributed by atoms with E-state index in [-0.39, 0.29) is 49.2 Å². The molecule has 2 aromatic carbocycles. The molecule has 4 amide bonds. The topological polar surface area (TPSA) is 86.8 Å². The molecule has 0 aliphatic carbocycles. The Hall–Kier alpha value is -3.19. The number of nitrogens with zero attached hydrogens (tertiary/aromatic N) is 2. The van der Waals surface area contributed by atoms with Crippen molar-refractivity contribution in [1.29, 1.82) is 0 Å². The number of imide groups is 1. The number of hydrogen-bond acceptors (Lipinski definition) is 4. The molecule has 0 unspecified atom stereocenters. The van der Waals surface area contributed by atoms with Crippen LogP contribution in [-0.4, -0.2) is 52.1 Å². The van der Waals surface area contributed by atoms with Crippen LogP contribution in [0.3, 0.4) is 0 Å². The Morgan fingerprint density at radius 1 is 0.971 bits per heavy atom. The molecule has 35 heavy (non-hydrogen) atoms. The maximum Gasteiger partial charge on any atom is 0.261 e. The molecule has 2 atom stereocenters. The lowest BCUT2D eigenvalue weighted by molar-refractivity contribution is -0.141. The minimum atomic E-state index is -0.660. The Bertz CT molecular complexity index is 1070. The number of amides is 4. The highest BCUT2D eigenvalue weighted by atomic mass is 35.5. The SMILES string of the molecule is CC[C@H](C(=O)N[C@@H](C)CC)N(Cc1ccccc1Cl)C(=O)CCCN1C(=O)c2ccccc2C1=O. The summed E-state index contributed by atoms with van der Waals surface area (Å²) in [7, 11) is 0. The molecule has 0 radical (unpaired) electrons. The van der Waals surface area contributed by atoms with Crippen LogP contribution in [0.4, 0.5) is 0 Å². The Balaban J connectivity index is 1.72. The zero-order valence-corrected chi connectivity index (χ0v) is 21.2. The molecule has 0 aromatic heterocycles. The van der Waals surface area contributed by atoms with Crippen LogP contribution < -0.4 is 5.32 Å². The highest BCUT2D eigenvalue weighted by Crippen LogP contribution is 2.24. The maximum absolute atomic E-state index is 13.4. The summed E-state index contributed by atoms with van der Waals surface area (Å²) in [6, 6.07) is 13.3. The van der Waals surface area contributed by atoms with E-state index in [1.54, 1.807) is 35.2 Å². The van der Waals surface area contributed by atoms with Gasteiger partial charge in [-0.25, -0.2) is 0 Å². The highest BCUT2D eigenvalue weighted by molar-refractivity contribution is 6.31. The molecule has 7 nitrogen and oxygen atoms in total. The van der Waals surface area contributed by atoms with Gasteiger partial charge < -0.3 is 10.2 Å². The monoisotopic (exact) mass is 497 g/mol. The van der Waals surface area contributed by atoms with E-state index in [0.717, 1.165) is 12.0 Å². The van der Waals surface area contributed by atoms with Gasteiger partial charge in [-0.2, -0.15) is 0 Å². The van der Waals surface area contributed by atoms with E-state index < -0.39 is 6.04 Å². The number of carbonyl (C=O) groups excluding carboxylic acids is 4. The van der Waals surface area contributed by atoms with Gasteiger partial charge in [0, 0.05) is 30.6 Å². The predicted molar refractivity (Wildman–Crippen MR) is 135 cm³/mol. The minimum Gasteiger partial charge on any atom is -0.352 e. The average molecular weight is 498 g/mol. The second-order valence-electron chi connectivity index (χ2n) is 8.77. The fraction of sp³-hybridized carbons (Fsp3) is 0.407. The van der Waals surface area contributed by atoms with E-state index in [2.05, 4.69) is 5.32 Å². The molecular weight excluding hydrogens is 466 g/mol. The number of halogens is 1. The first-order chi connectivity index (χ1) is 16.8. The zero-order chi connectivity index (χ0) is 25.5. The summed E-state index contributed by atoms with van der Waals surface area (Å²) in [4.78, 5) is 54.4. The molecule has 1 aliphatic heterocycles. The molecule has 3 rings (SSSR count). The van der Waals surface area contributed by atoms with E-state index in [1.807, 2.05) is 39.0 Å². The first-order valence-corrected chi connectivity index (χ1v) is 12.4. The Kier molecular flexibility index (Phi) is 9.04. The van der Waals surface area contributed by atoms with Crippen molar-refractivity contribution >= 4 is 35.2 Å². The number of hydrogen-bond donors (Lipinski definition) is 1. The van der Waals surface area contributed by atoms with Crippen LogP contribution in [0.1, 0.15) is 72.7 Å². The van der Waals surface area contributed by atoms with Gasteiger partial charge in [-0.3, -0.25) is 24.1 Å². The molecule has 0 fully saturated rings. The summed E-state index contributed by atoms with van der Waals surface area (Å²) in [6.07, 6.45) is 1.61. The normalized spacial score (nSPS) is 14.5. The van der Waals surface area contributed by atoms with Crippen LogP contribution in [0.2, 0.25) is 5.02 Å². The lowest BCUT2D eigenvalue weighted by atomic mass is 10.1. The quantitative estimate of drug-likeness (QED) is 0.465. The van der Waals surface area contributed by atoms with Crippen LogP contribution in [-0.2, 0) is 16.1 Å². The van der Waals surface area contributed by atoms with Crippen molar-refractivity contribution in [2.45, 2.75) is 65.1 Å². The molecule has 0 saturated heterocycles. The molecule has 1 N–H and O–H groups in total. The molecule has 0 bridgehead atoms. The van der Waals surface area contributed by atoms with Crippen molar-refractivity contribution in [3.8, 4) is 0 Å². The van der Waals surface area contributed by atoms with Crippen LogP contribution in [0.5, 0.6) is 0 Å². The number of rotatable bonds is 11. The lowest BCUT2D eigenvalue weighted by Crippen LogP contribution is -2.50. The van der Waals surface area contributed by atoms with E-state index >= 15 is 0 Å². The third-order valence-corrected chi connectivity index (χ3v) is 6.70. The number of nitrogens with one attached hydrogen (secondary N) is 1. The second kappa shape index (κ2) is 12.0. The first-order valence-electron chi connectivity index (χ1n) is 12.1. The van der Waals surface area contributed by atoms with E-state index in [4.69, 9.17) is 11.6 Å². The molecule has 1 heterocycles. The molecular formula is C27H32ClN3O4.